The quantitative estimate of drug-likeness (QED) is 0.365. The van der Waals surface area contributed by atoms with E-state index in [0.29, 0.717) is 16.8 Å². The lowest BCUT2D eigenvalue weighted by atomic mass is 9.79. The number of nitrogens with zero attached hydrogens (tertiary/aromatic N) is 3. The van der Waals surface area contributed by atoms with Crippen molar-refractivity contribution in [3.63, 3.8) is 0 Å². The van der Waals surface area contributed by atoms with E-state index in [1.807, 2.05) is 20.8 Å². The van der Waals surface area contributed by atoms with Crippen molar-refractivity contribution in [1.82, 2.24) is 20.6 Å². The Morgan fingerprint density at radius 1 is 1.23 bits per heavy atom. The molecule has 4 atom stereocenters. The number of rotatable bonds is 5. The Balaban J connectivity index is 1.74. The molecule has 1 aromatic carbocycles. The van der Waals surface area contributed by atoms with Gasteiger partial charge in [0.05, 0.1) is 7.11 Å². The van der Waals surface area contributed by atoms with Crippen LogP contribution in [-0.2, 0) is 31.0 Å². The number of aliphatic hydroxyl groups is 1. The maximum Gasteiger partial charge on any atom is 0.360 e. The largest absolute Gasteiger partial charge is 0.464 e. The molecule has 0 saturated heterocycles. The van der Waals surface area contributed by atoms with Crippen LogP contribution in [0.15, 0.2) is 33.3 Å². The second kappa shape index (κ2) is 10.9. The Kier molecular flexibility index (Phi) is 7.65. The highest BCUT2D eigenvalue weighted by molar-refractivity contribution is 6.10. The number of esters is 1. The monoisotopic (exact) mass is 607 g/mol. The van der Waals surface area contributed by atoms with Gasteiger partial charge in [-0.1, -0.05) is 46.8 Å². The summed E-state index contributed by atoms with van der Waals surface area (Å²) in [5, 5.41) is 16.1. The molecule has 13 nitrogen and oxygen atoms in total. The number of likely N-dealkylation sites (N-methyl/N-ethyl adjacent to an activating group) is 1. The molecule has 0 aliphatic carbocycles. The first-order valence-corrected chi connectivity index (χ1v) is 14.3. The molecule has 2 aliphatic heterocycles. The first-order chi connectivity index (χ1) is 20.6. The van der Waals surface area contributed by atoms with Gasteiger partial charge in [-0.3, -0.25) is 14.4 Å². The summed E-state index contributed by atoms with van der Waals surface area (Å²) in [4.78, 5) is 63.5. The molecule has 3 aromatic rings. The van der Waals surface area contributed by atoms with Gasteiger partial charge < -0.3 is 34.2 Å². The summed E-state index contributed by atoms with van der Waals surface area (Å²) in [7, 11) is 2.87. The first-order valence-electron chi connectivity index (χ1n) is 14.3. The Morgan fingerprint density at radius 3 is 2.57 bits per heavy atom. The number of benzene rings is 1. The number of fused-ring (bicyclic) bond motifs is 4. The maximum atomic E-state index is 14.0. The smallest absolute Gasteiger partial charge is 0.360 e. The molecule has 13 heteroatoms. The average molecular weight is 608 g/mol. The minimum atomic E-state index is -1.40. The lowest BCUT2D eigenvalue weighted by Crippen LogP contribution is -2.53. The van der Waals surface area contributed by atoms with Gasteiger partial charge in [0.1, 0.15) is 29.9 Å². The van der Waals surface area contributed by atoms with E-state index in [9.17, 15) is 24.3 Å². The SMILES string of the molecule is COC(=O)c1coc(-c2nc3oc2[C@@]2(C)C(=O)N(C)c4ccc(cc42)C[C@H](NC(=O)[C@@H](O)C(C)C)C(=O)N[C@H]3C(C)(C)C)n1. The number of nitrogens with one attached hydrogen (secondary N) is 2. The van der Waals surface area contributed by atoms with Crippen molar-refractivity contribution in [3.05, 3.63) is 52.9 Å². The third-order valence-electron chi connectivity index (χ3n) is 8.26. The number of aliphatic hydroxyl groups excluding tert-OH is 1. The number of anilines is 1. The molecular weight excluding hydrogens is 570 g/mol. The highest BCUT2D eigenvalue weighted by atomic mass is 16.5. The fourth-order valence-corrected chi connectivity index (χ4v) is 5.60. The van der Waals surface area contributed by atoms with Gasteiger partial charge in [-0.2, -0.15) is 0 Å². The minimum absolute atomic E-state index is 0.0710. The molecular formula is C31H37N5O8. The number of carbonyl (C=O) groups excluding carboxylic acids is 4. The molecule has 5 rings (SSSR count). The zero-order chi connectivity index (χ0) is 32.3. The number of ether oxygens (including phenoxy) is 1. The first kappa shape index (κ1) is 30.9. The van der Waals surface area contributed by atoms with Crippen LogP contribution >= 0.6 is 0 Å². The Hall–Kier alpha value is -4.52. The standard InChI is InChI=1S/C31H37N5O8/c1-14(2)21(37)25(39)32-17-12-15-9-10-19-16(11-15)31(6,29(41)36(19)7)23-20(26-33-18(13-43-26)28(40)42-8)34-27(44-23)22(30(3,4)5)35-24(17)38/h9-11,13-14,17,21-22,37H,12H2,1-8H3,(H,32,39)(H,35,38)/t17-,21-,22+,31-/m0/s1. The average Bonchev–Trinajstić information content (AvgIpc) is 3.68. The minimum Gasteiger partial charge on any atom is -0.464 e. The topological polar surface area (TPSA) is 177 Å². The van der Waals surface area contributed by atoms with Crippen LogP contribution in [-0.4, -0.2) is 65.1 Å². The lowest BCUT2D eigenvalue weighted by molar-refractivity contribution is -0.136. The van der Waals surface area contributed by atoms with E-state index in [0.717, 1.165) is 6.26 Å². The molecule has 4 heterocycles. The number of methoxy groups -OCH3 is 1. The van der Waals surface area contributed by atoms with E-state index < -0.39 is 46.8 Å². The van der Waals surface area contributed by atoms with Gasteiger partial charge in [0.15, 0.2) is 17.1 Å². The van der Waals surface area contributed by atoms with Crippen LogP contribution in [0, 0.1) is 11.3 Å². The van der Waals surface area contributed by atoms with Crippen LogP contribution in [0.1, 0.15) is 80.9 Å². The van der Waals surface area contributed by atoms with Gasteiger partial charge in [0.2, 0.25) is 29.5 Å². The maximum absolute atomic E-state index is 14.0. The highest BCUT2D eigenvalue weighted by Gasteiger charge is 2.53. The van der Waals surface area contributed by atoms with Crippen LogP contribution in [0.3, 0.4) is 0 Å². The van der Waals surface area contributed by atoms with E-state index in [2.05, 4.69) is 15.6 Å². The molecule has 0 unspecified atom stereocenters. The van der Waals surface area contributed by atoms with Crippen LogP contribution in [0.2, 0.25) is 0 Å². The number of aromatic nitrogens is 2. The van der Waals surface area contributed by atoms with Crippen molar-refractivity contribution < 1.29 is 37.9 Å². The van der Waals surface area contributed by atoms with Gasteiger partial charge in [0, 0.05) is 19.2 Å². The summed E-state index contributed by atoms with van der Waals surface area (Å²) >= 11 is 0. The number of carbonyl (C=O) groups is 4. The zero-order valence-electron chi connectivity index (χ0n) is 26.0. The molecule has 0 spiro atoms. The van der Waals surface area contributed by atoms with Crippen molar-refractivity contribution >= 4 is 29.4 Å². The van der Waals surface area contributed by atoms with Crippen molar-refractivity contribution in [2.45, 2.75) is 71.6 Å². The highest BCUT2D eigenvalue weighted by Crippen LogP contribution is 2.50. The molecule has 3 N–H and O–H groups in total. The molecule has 44 heavy (non-hydrogen) atoms. The Morgan fingerprint density at radius 2 is 1.93 bits per heavy atom. The van der Waals surface area contributed by atoms with Crippen LogP contribution in [0.4, 0.5) is 5.69 Å². The molecule has 0 saturated carbocycles. The lowest BCUT2D eigenvalue weighted by Gasteiger charge is -2.31. The van der Waals surface area contributed by atoms with E-state index in [4.69, 9.17) is 18.6 Å². The summed E-state index contributed by atoms with van der Waals surface area (Å²) in [6.45, 7) is 10.8. The van der Waals surface area contributed by atoms with Crippen LogP contribution in [0.5, 0.6) is 0 Å². The molecule has 0 fully saturated rings. The predicted octanol–water partition coefficient (Wildman–Crippen LogP) is 2.66. The molecule has 3 amide bonds. The number of oxazole rings is 2. The van der Waals surface area contributed by atoms with Crippen molar-refractivity contribution in [1.29, 1.82) is 0 Å². The second-order valence-electron chi connectivity index (χ2n) is 12.9. The fourth-order valence-electron chi connectivity index (χ4n) is 5.60. The van der Waals surface area contributed by atoms with Crippen molar-refractivity contribution in [3.8, 4) is 11.6 Å². The van der Waals surface area contributed by atoms with Crippen molar-refractivity contribution in [2.75, 3.05) is 19.1 Å². The summed E-state index contributed by atoms with van der Waals surface area (Å²) in [6.07, 6.45) is -0.0985. The van der Waals surface area contributed by atoms with Crippen LogP contribution in [0.25, 0.3) is 11.6 Å². The molecule has 2 aromatic heterocycles. The van der Waals surface area contributed by atoms with Gasteiger partial charge in [0.25, 0.3) is 0 Å². The summed E-state index contributed by atoms with van der Waals surface area (Å²) in [6, 6.07) is 3.45. The second-order valence-corrected chi connectivity index (χ2v) is 12.9. The molecule has 0 radical (unpaired) electrons. The van der Waals surface area contributed by atoms with E-state index in [-0.39, 0.29) is 47.2 Å². The van der Waals surface area contributed by atoms with E-state index in [1.54, 1.807) is 46.0 Å². The van der Waals surface area contributed by atoms with Gasteiger partial charge >= 0.3 is 5.97 Å². The van der Waals surface area contributed by atoms with E-state index in [1.165, 1.54) is 12.0 Å². The van der Waals surface area contributed by atoms with Crippen molar-refractivity contribution in [2.24, 2.45) is 11.3 Å². The zero-order valence-corrected chi connectivity index (χ0v) is 26.0. The number of amides is 3. The molecule has 4 bridgehead atoms. The molecule has 2 aliphatic rings. The Labute approximate surface area is 254 Å². The number of hydrogen-bond donors (Lipinski definition) is 3. The number of hydrogen-bond acceptors (Lipinski definition) is 10. The summed E-state index contributed by atoms with van der Waals surface area (Å²) in [5.74, 6) is -2.44. The van der Waals surface area contributed by atoms with Gasteiger partial charge in [-0.15, -0.1) is 0 Å². The summed E-state index contributed by atoms with van der Waals surface area (Å²) in [5.41, 5.74) is -0.207. The van der Waals surface area contributed by atoms with Gasteiger partial charge in [-0.25, -0.2) is 14.8 Å². The summed E-state index contributed by atoms with van der Waals surface area (Å²) < 4.78 is 16.9. The van der Waals surface area contributed by atoms with E-state index >= 15 is 0 Å². The predicted molar refractivity (Wildman–Crippen MR) is 156 cm³/mol. The van der Waals surface area contributed by atoms with Crippen LogP contribution < -0.4 is 15.5 Å². The van der Waals surface area contributed by atoms with Gasteiger partial charge in [-0.05, 0) is 35.4 Å². The third-order valence-corrected chi connectivity index (χ3v) is 8.26. The molecule has 234 valence electrons. The fraction of sp³-hybridized carbons (Fsp3) is 0.484. The Bertz CT molecular complexity index is 1650. The normalized spacial score (nSPS) is 22.3. The third kappa shape index (κ3) is 5.04.